The standard InChI is InChI=1S/C20H22O2/c1-20(2)17-15-10-16(18(17)20)14-9-12(8-13(14)15)22-19(21)11-6-4-3-5-7-11/h3-8,12,14-18H,9-10H2,1-2H3/t12-,14+,15+,16-,17+,18-/m1/s1. The first-order valence-corrected chi connectivity index (χ1v) is 8.55. The van der Waals surface area contributed by atoms with Crippen LogP contribution in [0.3, 0.4) is 0 Å². The molecule has 6 atom stereocenters. The molecule has 22 heavy (non-hydrogen) atoms. The SMILES string of the molecule is CC1(C)[C@@H]2[C@@H]3C[C@@H](C4=C[C@@H](OC(=O)c5ccccc5)C[C@@H]43)[C@@H]21. The maximum absolute atomic E-state index is 12.2. The molecule has 0 N–H and O–H groups in total. The number of allylic oxidation sites excluding steroid dienone is 1. The summed E-state index contributed by atoms with van der Waals surface area (Å²) >= 11 is 0. The molecule has 3 fully saturated rings. The highest BCUT2D eigenvalue weighted by Gasteiger charge is 2.74. The van der Waals surface area contributed by atoms with E-state index in [-0.39, 0.29) is 12.1 Å². The second-order valence-corrected chi connectivity index (χ2v) is 8.20. The smallest absolute Gasteiger partial charge is 0.338 e. The molecular weight excluding hydrogens is 272 g/mol. The van der Waals surface area contributed by atoms with Crippen LogP contribution in [-0.2, 0) is 4.74 Å². The Balaban J connectivity index is 1.33. The Labute approximate surface area is 131 Å². The lowest BCUT2D eigenvalue weighted by molar-refractivity contribution is 0.0368. The fourth-order valence-electron chi connectivity index (χ4n) is 6.12. The van der Waals surface area contributed by atoms with E-state index in [0.29, 0.717) is 16.9 Å². The van der Waals surface area contributed by atoms with Gasteiger partial charge < -0.3 is 4.74 Å². The summed E-state index contributed by atoms with van der Waals surface area (Å²) in [6.07, 6.45) is 4.71. The van der Waals surface area contributed by atoms with Crippen LogP contribution in [0.5, 0.6) is 0 Å². The Morgan fingerprint density at radius 3 is 2.64 bits per heavy atom. The Kier molecular flexibility index (Phi) is 2.37. The van der Waals surface area contributed by atoms with Gasteiger partial charge in [-0.05, 0) is 66.1 Å². The Morgan fingerprint density at radius 2 is 1.86 bits per heavy atom. The number of carbonyl (C=O) groups excluding carboxylic acids is 1. The van der Waals surface area contributed by atoms with Gasteiger partial charge >= 0.3 is 5.97 Å². The van der Waals surface area contributed by atoms with Gasteiger partial charge in [0.25, 0.3) is 0 Å². The van der Waals surface area contributed by atoms with Crippen molar-refractivity contribution in [3.8, 4) is 0 Å². The largest absolute Gasteiger partial charge is 0.455 e. The number of hydrogen-bond acceptors (Lipinski definition) is 2. The van der Waals surface area contributed by atoms with E-state index in [4.69, 9.17) is 4.74 Å². The molecule has 0 saturated heterocycles. The Morgan fingerprint density at radius 1 is 1.09 bits per heavy atom. The average molecular weight is 294 g/mol. The van der Waals surface area contributed by atoms with Crippen LogP contribution in [0.1, 0.15) is 37.0 Å². The van der Waals surface area contributed by atoms with E-state index >= 15 is 0 Å². The minimum Gasteiger partial charge on any atom is -0.455 e. The van der Waals surface area contributed by atoms with E-state index in [9.17, 15) is 4.79 Å². The summed E-state index contributed by atoms with van der Waals surface area (Å²) in [5.41, 5.74) is 2.85. The molecule has 2 heteroatoms. The van der Waals surface area contributed by atoms with Crippen molar-refractivity contribution >= 4 is 5.97 Å². The van der Waals surface area contributed by atoms with E-state index in [1.165, 1.54) is 6.42 Å². The number of benzene rings is 1. The van der Waals surface area contributed by atoms with Crippen LogP contribution in [0.4, 0.5) is 0 Å². The first kappa shape index (κ1) is 12.9. The summed E-state index contributed by atoms with van der Waals surface area (Å²) in [7, 11) is 0. The zero-order chi connectivity index (χ0) is 15.1. The lowest BCUT2D eigenvalue weighted by Gasteiger charge is -2.20. The predicted molar refractivity (Wildman–Crippen MR) is 84.2 cm³/mol. The summed E-state index contributed by atoms with van der Waals surface area (Å²) in [6.45, 7) is 4.88. The van der Waals surface area contributed by atoms with Crippen molar-refractivity contribution < 1.29 is 9.53 Å². The summed E-state index contributed by atoms with van der Waals surface area (Å²) in [6, 6.07) is 9.34. The molecule has 114 valence electrons. The van der Waals surface area contributed by atoms with Crippen LogP contribution in [-0.4, -0.2) is 12.1 Å². The Hall–Kier alpha value is -1.57. The number of hydrogen-bond donors (Lipinski definition) is 0. The molecule has 2 bridgehead atoms. The van der Waals surface area contributed by atoms with Gasteiger partial charge in [0.1, 0.15) is 6.10 Å². The number of fused-ring (bicyclic) bond motifs is 8. The van der Waals surface area contributed by atoms with Gasteiger partial charge in [0, 0.05) is 0 Å². The van der Waals surface area contributed by atoms with Crippen LogP contribution < -0.4 is 0 Å². The summed E-state index contributed by atoms with van der Waals surface area (Å²) < 4.78 is 5.74. The van der Waals surface area contributed by atoms with Crippen molar-refractivity contribution in [2.45, 2.75) is 32.8 Å². The molecule has 0 aliphatic heterocycles. The lowest BCUT2D eigenvalue weighted by Crippen LogP contribution is -2.19. The molecular formula is C20H22O2. The molecule has 1 aromatic rings. The Bertz CT molecular complexity index is 672. The van der Waals surface area contributed by atoms with Crippen molar-refractivity contribution in [2.75, 3.05) is 0 Å². The molecule has 0 amide bonds. The maximum Gasteiger partial charge on any atom is 0.338 e. The topological polar surface area (TPSA) is 26.3 Å². The van der Waals surface area contributed by atoms with Crippen LogP contribution in [0.2, 0.25) is 0 Å². The highest BCUT2D eigenvalue weighted by molar-refractivity contribution is 5.89. The van der Waals surface area contributed by atoms with Crippen LogP contribution >= 0.6 is 0 Å². The van der Waals surface area contributed by atoms with E-state index in [2.05, 4.69) is 19.9 Å². The van der Waals surface area contributed by atoms with Crippen molar-refractivity contribution in [1.82, 2.24) is 0 Å². The molecule has 0 heterocycles. The average Bonchev–Trinajstić information content (AvgIpc) is 2.93. The molecule has 0 aromatic heterocycles. The van der Waals surface area contributed by atoms with Gasteiger partial charge in [-0.3, -0.25) is 0 Å². The van der Waals surface area contributed by atoms with Crippen LogP contribution in [0, 0.1) is 35.0 Å². The van der Waals surface area contributed by atoms with Crippen molar-refractivity contribution in [1.29, 1.82) is 0 Å². The first-order chi connectivity index (χ1) is 10.6. The molecule has 2 nitrogen and oxygen atoms in total. The van der Waals surface area contributed by atoms with Crippen LogP contribution in [0.15, 0.2) is 42.0 Å². The van der Waals surface area contributed by atoms with Gasteiger partial charge in [-0.2, -0.15) is 0 Å². The second-order valence-electron chi connectivity index (χ2n) is 8.20. The third-order valence-electron chi connectivity index (χ3n) is 6.92. The van der Waals surface area contributed by atoms with Gasteiger partial charge in [0.05, 0.1) is 5.56 Å². The highest BCUT2D eigenvalue weighted by atomic mass is 16.5. The number of ether oxygens (including phenoxy) is 1. The van der Waals surface area contributed by atoms with Crippen LogP contribution in [0.25, 0.3) is 0 Å². The normalized spacial score (nSPS) is 42.5. The molecule has 4 aliphatic rings. The minimum atomic E-state index is -0.180. The third kappa shape index (κ3) is 1.53. The predicted octanol–water partition coefficient (Wildman–Crippen LogP) is 4.08. The number of carbonyl (C=O) groups is 1. The third-order valence-corrected chi connectivity index (χ3v) is 6.92. The lowest BCUT2D eigenvalue weighted by atomic mass is 9.85. The quantitative estimate of drug-likeness (QED) is 0.607. The van der Waals surface area contributed by atoms with Crippen molar-refractivity contribution in [3.63, 3.8) is 0 Å². The van der Waals surface area contributed by atoms with E-state index < -0.39 is 0 Å². The number of rotatable bonds is 2. The highest BCUT2D eigenvalue weighted by Crippen LogP contribution is 2.79. The summed E-state index contributed by atoms with van der Waals surface area (Å²) in [5, 5.41) is 0. The summed E-state index contributed by atoms with van der Waals surface area (Å²) in [4.78, 5) is 12.2. The van der Waals surface area contributed by atoms with Crippen molar-refractivity contribution in [2.24, 2.45) is 35.0 Å². The molecule has 0 spiro atoms. The van der Waals surface area contributed by atoms with Crippen molar-refractivity contribution in [3.05, 3.63) is 47.5 Å². The van der Waals surface area contributed by atoms with Gasteiger partial charge in [-0.25, -0.2) is 4.79 Å². The molecule has 4 aliphatic carbocycles. The zero-order valence-electron chi connectivity index (χ0n) is 13.2. The monoisotopic (exact) mass is 294 g/mol. The zero-order valence-corrected chi connectivity index (χ0v) is 13.2. The second kappa shape index (κ2) is 4.04. The van der Waals surface area contributed by atoms with Gasteiger partial charge in [0.2, 0.25) is 0 Å². The summed E-state index contributed by atoms with van der Waals surface area (Å²) in [5.74, 6) is 4.00. The fourth-order valence-corrected chi connectivity index (χ4v) is 6.12. The molecule has 0 unspecified atom stereocenters. The molecule has 3 saturated carbocycles. The van der Waals surface area contributed by atoms with Gasteiger partial charge in [0.15, 0.2) is 0 Å². The van der Waals surface area contributed by atoms with Gasteiger partial charge in [-0.15, -0.1) is 0 Å². The minimum absolute atomic E-state index is 0.00128. The molecule has 0 radical (unpaired) electrons. The number of esters is 1. The van der Waals surface area contributed by atoms with E-state index in [0.717, 1.165) is 30.1 Å². The maximum atomic E-state index is 12.2. The van der Waals surface area contributed by atoms with Gasteiger partial charge in [-0.1, -0.05) is 37.6 Å². The first-order valence-electron chi connectivity index (χ1n) is 8.55. The molecule has 1 aromatic carbocycles. The van der Waals surface area contributed by atoms with E-state index in [1.807, 2.05) is 30.3 Å². The fraction of sp³-hybridized carbons (Fsp3) is 0.550. The molecule has 5 rings (SSSR count). The van der Waals surface area contributed by atoms with E-state index in [1.54, 1.807) is 5.57 Å².